The molecule has 4 rings (SSSR count). The van der Waals surface area contributed by atoms with Crippen molar-refractivity contribution in [2.45, 2.75) is 19.3 Å². The highest BCUT2D eigenvalue weighted by Gasteiger charge is 2.29. The average molecular weight is 414 g/mol. The van der Waals surface area contributed by atoms with E-state index in [4.69, 9.17) is 4.42 Å². The largest absolute Gasteiger partial charge is 0.444 e. The molecule has 9 heteroatoms. The summed E-state index contributed by atoms with van der Waals surface area (Å²) >= 11 is 0. The summed E-state index contributed by atoms with van der Waals surface area (Å²) in [6, 6.07) is 5.82. The van der Waals surface area contributed by atoms with Gasteiger partial charge in [-0.2, -0.15) is 0 Å². The molecule has 30 heavy (non-hydrogen) atoms. The van der Waals surface area contributed by atoms with Crippen LogP contribution >= 0.6 is 0 Å². The topological polar surface area (TPSA) is 87.0 Å². The minimum absolute atomic E-state index is 0.0292. The Hall–Kier alpha value is -3.07. The Kier molecular flexibility index (Phi) is 5.89. The number of nitrogens with zero attached hydrogens (tertiary/aromatic N) is 4. The molecule has 2 aliphatic rings. The van der Waals surface area contributed by atoms with Crippen LogP contribution in [0.25, 0.3) is 11.5 Å². The molecule has 0 atom stereocenters. The molecule has 2 aliphatic heterocycles. The molecule has 3 amide bonds. The van der Waals surface area contributed by atoms with Crippen LogP contribution < -0.4 is 0 Å². The quantitative estimate of drug-likeness (QED) is 0.663. The number of piperazine rings is 1. The number of benzene rings is 1. The maximum absolute atomic E-state index is 13.0. The Morgan fingerprint density at radius 2 is 1.67 bits per heavy atom. The highest BCUT2D eigenvalue weighted by molar-refractivity contribution is 6.01. The van der Waals surface area contributed by atoms with Crippen LogP contribution in [0.2, 0.25) is 0 Å². The maximum atomic E-state index is 13.0. The van der Waals surface area contributed by atoms with E-state index in [1.165, 1.54) is 23.3 Å². The van der Waals surface area contributed by atoms with E-state index in [0.29, 0.717) is 69.3 Å². The summed E-state index contributed by atoms with van der Waals surface area (Å²) in [5.41, 5.74) is 1.19. The SMILES string of the molecule is O=C(Cc1coc(-c2ccc(F)cc2)n1)N1CCN(CCN2C(=O)CCC2=O)CC1. The first-order valence-electron chi connectivity index (χ1n) is 10.0. The fourth-order valence-electron chi connectivity index (χ4n) is 3.71. The van der Waals surface area contributed by atoms with Crippen LogP contribution in [0.5, 0.6) is 0 Å². The number of aromatic nitrogens is 1. The molecule has 0 spiro atoms. The van der Waals surface area contributed by atoms with Crippen LogP contribution in [0, 0.1) is 5.82 Å². The van der Waals surface area contributed by atoms with Gasteiger partial charge in [-0.25, -0.2) is 9.37 Å². The summed E-state index contributed by atoms with van der Waals surface area (Å²) in [6.45, 7) is 3.61. The monoisotopic (exact) mass is 414 g/mol. The van der Waals surface area contributed by atoms with Gasteiger partial charge in [-0.15, -0.1) is 0 Å². The van der Waals surface area contributed by atoms with Gasteiger partial charge >= 0.3 is 0 Å². The van der Waals surface area contributed by atoms with Crippen LogP contribution in [-0.2, 0) is 20.8 Å². The number of amides is 3. The van der Waals surface area contributed by atoms with Gasteiger partial charge in [-0.1, -0.05) is 0 Å². The molecule has 0 aliphatic carbocycles. The molecule has 8 nitrogen and oxygen atoms in total. The summed E-state index contributed by atoms with van der Waals surface area (Å²) in [7, 11) is 0. The van der Waals surface area contributed by atoms with Crippen molar-refractivity contribution in [2.75, 3.05) is 39.3 Å². The molecule has 2 fully saturated rings. The summed E-state index contributed by atoms with van der Waals surface area (Å²) in [5, 5.41) is 0. The van der Waals surface area contributed by atoms with Gasteiger partial charge in [0.05, 0.1) is 12.1 Å². The van der Waals surface area contributed by atoms with E-state index in [-0.39, 0.29) is 30.0 Å². The molecule has 0 radical (unpaired) electrons. The van der Waals surface area contributed by atoms with Crippen LogP contribution in [0.15, 0.2) is 34.9 Å². The highest BCUT2D eigenvalue weighted by Crippen LogP contribution is 2.19. The van der Waals surface area contributed by atoms with Crippen LogP contribution in [0.3, 0.4) is 0 Å². The Balaban J connectivity index is 1.24. The van der Waals surface area contributed by atoms with Crippen molar-refractivity contribution < 1.29 is 23.2 Å². The van der Waals surface area contributed by atoms with E-state index >= 15 is 0 Å². The third kappa shape index (κ3) is 4.56. The molecule has 3 heterocycles. The zero-order chi connectivity index (χ0) is 21.1. The first kappa shape index (κ1) is 20.2. The minimum Gasteiger partial charge on any atom is -0.444 e. The third-order valence-electron chi connectivity index (χ3n) is 5.49. The fourth-order valence-corrected chi connectivity index (χ4v) is 3.71. The molecule has 0 saturated carbocycles. The molecular weight excluding hydrogens is 391 g/mol. The van der Waals surface area contributed by atoms with Crippen molar-refractivity contribution in [1.82, 2.24) is 19.7 Å². The van der Waals surface area contributed by atoms with E-state index < -0.39 is 0 Å². The van der Waals surface area contributed by atoms with Gasteiger partial charge in [0.15, 0.2) is 0 Å². The Morgan fingerprint density at radius 3 is 2.33 bits per heavy atom. The standard InChI is InChI=1S/C21H23FN4O4/c22-16-3-1-15(2-4-16)21-23-17(14-30-21)13-20(29)25-10-7-24(8-11-25)9-12-26-18(27)5-6-19(26)28/h1-4,14H,5-13H2. The zero-order valence-electron chi connectivity index (χ0n) is 16.6. The fraction of sp³-hybridized carbons (Fsp3) is 0.429. The lowest BCUT2D eigenvalue weighted by Crippen LogP contribution is -2.51. The number of likely N-dealkylation sites (tertiary alicyclic amines) is 1. The molecule has 0 unspecified atom stereocenters. The number of halogens is 1. The Morgan fingerprint density at radius 1 is 1.00 bits per heavy atom. The number of carbonyl (C=O) groups is 3. The number of rotatable bonds is 6. The van der Waals surface area contributed by atoms with Gasteiger partial charge < -0.3 is 9.32 Å². The molecular formula is C21H23FN4O4. The van der Waals surface area contributed by atoms with E-state index in [9.17, 15) is 18.8 Å². The summed E-state index contributed by atoms with van der Waals surface area (Å²) < 4.78 is 18.5. The predicted octanol–water partition coefficient (Wildman–Crippen LogP) is 1.32. The first-order chi connectivity index (χ1) is 14.5. The normalized spacial score (nSPS) is 17.8. The molecule has 1 aromatic carbocycles. The maximum Gasteiger partial charge on any atom is 0.229 e. The number of oxazole rings is 1. The second kappa shape index (κ2) is 8.74. The van der Waals surface area contributed by atoms with Crippen LogP contribution in [-0.4, -0.2) is 76.7 Å². The zero-order valence-corrected chi connectivity index (χ0v) is 16.6. The molecule has 1 aromatic heterocycles. The van der Waals surface area contributed by atoms with Gasteiger partial charge in [0, 0.05) is 57.7 Å². The summed E-state index contributed by atoms with van der Waals surface area (Å²) in [5.74, 6) is -0.200. The molecule has 2 aromatic rings. The number of hydrogen-bond donors (Lipinski definition) is 0. The van der Waals surface area contributed by atoms with Crippen molar-refractivity contribution in [3.63, 3.8) is 0 Å². The smallest absolute Gasteiger partial charge is 0.229 e. The van der Waals surface area contributed by atoms with Crippen molar-refractivity contribution in [2.24, 2.45) is 0 Å². The summed E-state index contributed by atoms with van der Waals surface area (Å²) in [4.78, 5) is 45.6. The molecule has 0 bridgehead atoms. The minimum atomic E-state index is -0.335. The van der Waals surface area contributed by atoms with E-state index in [1.807, 2.05) is 0 Å². The number of carbonyl (C=O) groups excluding carboxylic acids is 3. The first-order valence-corrected chi connectivity index (χ1v) is 10.0. The highest BCUT2D eigenvalue weighted by atomic mass is 19.1. The van der Waals surface area contributed by atoms with E-state index in [1.54, 1.807) is 17.0 Å². The lowest BCUT2D eigenvalue weighted by Gasteiger charge is -2.35. The van der Waals surface area contributed by atoms with Gasteiger partial charge in [0.2, 0.25) is 23.6 Å². The summed E-state index contributed by atoms with van der Waals surface area (Å²) in [6.07, 6.45) is 2.22. The number of hydrogen-bond acceptors (Lipinski definition) is 6. The number of imide groups is 1. The Labute approximate surface area is 173 Å². The van der Waals surface area contributed by atoms with Crippen LogP contribution in [0.1, 0.15) is 18.5 Å². The van der Waals surface area contributed by atoms with Gasteiger partial charge in [0.25, 0.3) is 0 Å². The van der Waals surface area contributed by atoms with Gasteiger partial charge in [0.1, 0.15) is 12.1 Å². The van der Waals surface area contributed by atoms with E-state index in [0.717, 1.165) is 0 Å². The lowest BCUT2D eigenvalue weighted by molar-refractivity contribution is -0.138. The average Bonchev–Trinajstić information content (AvgIpc) is 3.34. The second-order valence-corrected chi connectivity index (χ2v) is 7.49. The molecule has 158 valence electrons. The van der Waals surface area contributed by atoms with Gasteiger partial charge in [-0.3, -0.25) is 24.2 Å². The second-order valence-electron chi connectivity index (χ2n) is 7.49. The third-order valence-corrected chi connectivity index (χ3v) is 5.49. The van der Waals surface area contributed by atoms with Crippen molar-refractivity contribution in [1.29, 1.82) is 0 Å². The van der Waals surface area contributed by atoms with Crippen molar-refractivity contribution in [3.8, 4) is 11.5 Å². The Bertz CT molecular complexity index is 919. The predicted molar refractivity (Wildman–Crippen MR) is 105 cm³/mol. The molecule has 2 saturated heterocycles. The molecule has 0 N–H and O–H groups in total. The van der Waals surface area contributed by atoms with Crippen LogP contribution in [0.4, 0.5) is 4.39 Å². The lowest BCUT2D eigenvalue weighted by atomic mass is 10.2. The van der Waals surface area contributed by atoms with Gasteiger partial charge in [-0.05, 0) is 24.3 Å². The van der Waals surface area contributed by atoms with Crippen molar-refractivity contribution >= 4 is 17.7 Å². The van der Waals surface area contributed by atoms with Crippen molar-refractivity contribution in [3.05, 3.63) is 42.0 Å². The van der Waals surface area contributed by atoms with E-state index in [2.05, 4.69) is 9.88 Å².